The van der Waals surface area contributed by atoms with Crippen LogP contribution in [-0.2, 0) is 21.7 Å². The maximum absolute atomic E-state index is 2.99. The van der Waals surface area contributed by atoms with Crippen LogP contribution in [0.3, 0.4) is 0 Å². The van der Waals surface area contributed by atoms with Gasteiger partial charge in [-0.15, -0.1) is 31.2 Å². The smallest absolute Gasteiger partial charge is 0.332 e. The Kier molecular flexibility index (Phi) is 43.4. The summed E-state index contributed by atoms with van der Waals surface area (Å²) in [5.74, 6) is 0. The van der Waals surface area contributed by atoms with Gasteiger partial charge in [-0.05, 0) is 0 Å². The minimum Gasteiger partial charge on any atom is -0.332 e. The maximum atomic E-state index is 2.99. The van der Waals surface area contributed by atoms with Crippen molar-refractivity contribution in [1.29, 1.82) is 0 Å². The molecule has 0 spiro atoms. The second-order valence-electron chi connectivity index (χ2n) is 1.82. The third-order valence-electron chi connectivity index (χ3n) is 0.994. The molecule has 0 atom stereocenters. The summed E-state index contributed by atoms with van der Waals surface area (Å²) in [7, 11) is 0. The predicted molar refractivity (Wildman–Crippen MR) is 56.3 cm³/mol. The van der Waals surface area contributed by atoms with Crippen molar-refractivity contribution >= 4 is 24.8 Å². The van der Waals surface area contributed by atoms with E-state index in [0.717, 1.165) is 6.42 Å². The fourth-order valence-electron chi connectivity index (χ4n) is 0.340. The molecule has 0 aromatic heterocycles. The van der Waals surface area contributed by atoms with E-state index in [0.29, 0.717) is 0 Å². The van der Waals surface area contributed by atoms with Gasteiger partial charge in [0.2, 0.25) is 0 Å². The van der Waals surface area contributed by atoms with Gasteiger partial charge in [0.15, 0.2) is 0 Å². The van der Waals surface area contributed by atoms with Gasteiger partial charge >= 0.3 is 21.7 Å². The molecule has 12 heavy (non-hydrogen) atoms. The van der Waals surface area contributed by atoms with Gasteiger partial charge in [0.05, 0.1) is 0 Å². The molecule has 0 aromatic carbocycles. The van der Waals surface area contributed by atoms with Crippen LogP contribution in [0.25, 0.3) is 0 Å². The van der Waals surface area contributed by atoms with Crippen LogP contribution in [0, 0.1) is 12.5 Å². The average molecular weight is 243 g/mol. The van der Waals surface area contributed by atoms with Gasteiger partial charge in [-0.25, -0.2) is 12.2 Å². The average Bonchev–Trinajstić information content (AvgIpc) is 2.43. The molecule has 0 bridgehead atoms. The Morgan fingerprint density at radius 3 is 2.00 bits per heavy atom. The van der Waals surface area contributed by atoms with Gasteiger partial charge in [0, 0.05) is 0 Å². The molecule has 0 heterocycles. The van der Waals surface area contributed by atoms with Crippen LogP contribution in [-0.4, -0.2) is 0 Å². The molecule has 1 aliphatic rings. The molecule has 0 amide bonds. The molecule has 0 aliphatic heterocycles. The van der Waals surface area contributed by atoms with Gasteiger partial charge < -0.3 is 6.42 Å². The van der Waals surface area contributed by atoms with E-state index in [1.807, 2.05) is 12.2 Å². The van der Waals surface area contributed by atoms with Crippen LogP contribution in [0.4, 0.5) is 0 Å². The Morgan fingerprint density at radius 1 is 1.42 bits per heavy atom. The van der Waals surface area contributed by atoms with Crippen molar-refractivity contribution in [3.8, 4) is 0 Å². The molecular weight excluding hydrogens is 227 g/mol. The SMILES string of the molecule is C[CH-]CC.Cl.Cl.[C-]1=CC=CC1.[Ti+2]. The Balaban J connectivity index is -0.0000000436. The predicted octanol–water partition coefficient (Wildman–Crippen LogP) is 3.77. The molecule has 0 N–H and O–H groups in total. The fraction of sp³-hybridized carbons (Fsp3) is 0.444. The molecule has 0 aromatic rings. The zero-order chi connectivity index (χ0) is 6.95. The van der Waals surface area contributed by atoms with Crippen molar-refractivity contribution in [2.75, 3.05) is 0 Å². The minimum atomic E-state index is 0. The monoisotopic (exact) mass is 242 g/mol. The molecule has 0 fully saturated rings. The van der Waals surface area contributed by atoms with E-state index in [-0.39, 0.29) is 46.5 Å². The maximum Gasteiger partial charge on any atom is 2.00 e. The van der Waals surface area contributed by atoms with Crippen molar-refractivity contribution in [3.05, 3.63) is 30.7 Å². The number of hydrogen-bond acceptors (Lipinski definition) is 0. The van der Waals surface area contributed by atoms with Crippen LogP contribution < -0.4 is 0 Å². The van der Waals surface area contributed by atoms with Crippen LogP contribution >= 0.6 is 24.8 Å². The van der Waals surface area contributed by atoms with Crippen LogP contribution in [0.2, 0.25) is 0 Å². The zero-order valence-corrected chi connectivity index (χ0v) is 10.7. The minimum absolute atomic E-state index is 0. The Labute approximate surface area is 104 Å². The summed E-state index contributed by atoms with van der Waals surface area (Å²) in [6.07, 6.45) is 13.3. The van der Waals surface area contributed by atoms with Gasteiger partial charge in [0.1, 0.15) is 0 Å². The van der Waals surface area contributed by atoms with E-state index in [9.17, 15) is 0 Å². The molecule has 1 aliphatic carbocycles. The quantitative estimate of drug-likeness (QED) is 0.485. The van der Waals surface area contributed by atoms with E-state index >= 15 is 0 Å². The first-order valence-electron chi connectivity index (χ1n) is 3.41. The first kappa shape index (κ1) is 23.0. The second-order valence-corrected chi connectivity index (χ2v) is 1.82. The van der Waals surface area contributed by atoms with Crippen LogP contribution in [0.5, 0.6) is 0 Å². The van der Waals surface area contributed by atoms with E-state index < -0.39 is 0 Å². The third-order valence-corrected chi connectivity index (χ3v) is 0.994. The molecular formula is C9H16Cl2Ti. The molecule has 0 saturated carbocycles. The Morgan fingerprint density at radius 2 is 1.92 bits per heavy atom. The molecule has 0 radical (unpaired) electrons. The standard InChI is InChI=1S/C5H5.C4H9.2ClH.Ti/c1-2-4-5-3-1;1-3-4-2;;;/h1-3H,4H2;3H,4H2,1-2H3;2*1H;/q2*-1;;;+2. The summed E-state index contributed by atoms with van der Waals surface area (Å²) in [4.78, 5) is 0. The van der Waals surface area contributed by atoms with Gasteiger partial charge in [0.25, 0.3) is 0 Å². The molecule has 1 rings (SSSR count). The van der Waals surface area contributed by atoms with Crippen LogP contribution in [0.15, 0.2) is 18.2 Å². The van der Waals surface area contributed by atoms with Gasteiger partial charge in [-0.2, -0.15) is 19.4 Å². The molecule has 0 unspecified atom stereocenters. The van der Waals surface area contributed by atoms with E-state index in [1.54, 1.807) is 0 Å². The molecule has 0 nitrogen and oxygen atoms in total. The summed E-state index contributed by atoms with van der Waals surface area (Å²) < 4.78 is 0. The van der Waals surface area contributed by atoms with E-state index in [2.05, 4.69) is 32.4 Å². The number of hydrogen-bond donors (Lipinski definition) is 0. The van der Waals surface area contributed by atoms with Crippen molar-refractivity contribution in [3.63, 3.8) is 0 Å². The Hall–Kier alpha value is 0.774. The summed E-state index contributed by atoms with van der Waals surface area (Å²) in [5, 5.41) is 0. The molecule has 0 saturated heterocycles. The number of halogens is 2. The van der Waals surface area contributed by atoms with Crippen molar-refractivity contribution in [1.82, 2.24) is 0 Å². The summed E-state index contributed by atoms with van der Waals surface area (Å²) in [6.45, 7) is 4.18. The van der Waals surface area contributed by atoms with Gasteiger partial charge in [-0.3, -0.25) is 6.08 Å². The van der Waals surface area contributed by atoms with Crippen molar-refractivity contribution < 1.29 is 21.7 Å². The number of allylic oxidation sites excluding steroid dienone is 4. The Bertz CT molecular complexity index is 88.7. The van der Waals surface area contributed by atoms with E-state index in [1.165, 1.54) is 6.42 Å². The second kappa shape index (κ2) is 22.6. The fourth-order valence-corrected chi connectivity index (χ4v) is 0.340. The van der Waals surface area contributed by atoms with Crippen molar-refractivity contribution in [2.45, 2.75) is 26.7 Å². The zero-order valence-electron chi connectivity index (χ0n) is 7.54. The largest absolute Gasteiger partial charge is 2.00 e. The summed E-state index contributed by atoms with van der Waals surface area (Å²) in [5.41, 5.74) is 0. The van der Waals surface area contributed by atoms with Gasteiger partial charge in [-0.1, -0.05) is 6.92 Å². The molecule has 70 valence electrons. The molecule has 3 heteroatoms. The van der Waals surface area contributed by atoms with E-state index in [4.69, 9.17) is 0 Å². The topological polar surface area (TPSA) is 0 Å². The normalized spacial score (nSPS) is 9.83. The van der Waals surface area contributed by atoms with Crippen molar-refractivity contribution in [2.24, 2.45) is 0 Å². The summed E-state index contributed by atoms with van der Waals surface area (Å²) in [6, 6.07) is 0. The summed E-state index contributed by atoms with van der Waals surface area (Å²) >= 11 is 0. The third kappa shape index (κ3) is 22.4. The first-order chi connectivity index (χ1) is 4.41. The van der Waals surface area contributed by atoms with Crippen LogP contribution in [0.1, 0.15) is 26.7 Å². The first-order valence-corrected chi connectivity index (χ1v) is 3.41. The number of rotatable bonds is 1. The number of unbranched alkanes of at least 4 members (excludes halogenated alkanes) is 1.